The Labute approximate surface area is 297 Å². The number of nitrogens with zero attached hydrogens (tertiary/aromatic N) is 2. The lowest BCUT2D eigenvalue weighted by Crippen LogP contribution is -2.38. The Morgan fingerprint density at radius 3 is 1.31 bits per heavy atom. The van der Waals surface area contributed by atoms with E-state index in [1.54, 1.807) is 58.3 Å². The summed E-state index contributed by atoms with van der Waals surface area (Å²) in [7, 11) is 2.99. The van der Waals surface area contributed by atoms with Crippen LogP contribution >= 0.6 is 0 Å². The molecule has 0 unspecified atom stereocenters. The highest BCUT2D eigenvalue weighted by Crippen LogP contribution is 2.40. The van der Waals surface area contributed by atoms with E-state index in [-0.39, 0.29) is 22.5 Å². The summed E-state index contributed by atoms with van der Waals surface area (Å²) in [5.74, 6) is -0.112. The average Bonchev–Trinajstić information content (AvgIpc) is 3.10. The van der Waals surface area contributed by atoms with Crippen molar-refractivity contribution >= 4 is 34.6 Å². The Balaban J connectivity index is 0.000000202. The minimum atomic E-state index is -4.53. The van der Waals surface area contributed by atoms with Crippen LogP contribution in [0.3, 0.4) is 0 Å². The summed E-state index contributed by atoms with van der Waals surface area (Å²) in [6.45, 7) is 2.38. The molecule has 0 bridgehead atoms. The number of hydrogen-bond donors (Lipinski definition) is 2. The molecule has 0 spiro atoms. The molecule has 4 aromatic carbocycles. The minimum absolute atomic E-state index is 0.0362. The van der Waals surface area contributed by atoms with Crippen molar-refractivity contribution in [1.29, 1.82) is 0 Å². The van der Waals surface area contributed by atoms with E-state index in [0.29, 0.717) is 49.1 Å². The molecule has 276 valence electrons. The molecule has 2 fully saturated rings. The zero-order valence-electron chi connectivity index (χ0n) is 28.5. The van der Waals surface area contributed by atoms with Gasteiger partial charge in [0.05, 0.1) is 25.3 Å². The maximum atomic E-state index is 13.6. The van der Waals surface area contributed by atoms with Gasteiger partial charge in [0.15, 0.2) is 0 Å². The fourth-order valence-electron chi connectivity index (χ4n) is 5.86. The summed E-state index contributed by atoms with van der Waals surface area (Å²) in [4.78, 5) is 28.2. The lowest BCUT2D eigenvalue weighted by Gasteiger charge is -2.35. The van der Waals surface area contributed by atoms with E-state index in [9.17, 15) is 35.9 Å². The van der Waals surface area contributed by atoms with Crippen LogP contribution in [0.1, 0.15) is 57.5 Å². The van der Waals surface area contributed by atoms with Gasteiger partial charge in [-0.2, -0.15) is 26.3 Å². The number of benzene rings is 4. The van der Waals surface area contributed by atoms with Crippen LogP contribution in [-0.4, -0.2) is 52.2 Å². The van der Waals surface area contributed by atoms with Gasteiger partial charge in [0.25, 0.3) is 11.8 Å². The molecule has 0 atom stereocenters. The van der Waals surface area contributed by atoms with E-state index in [1.165, 1.54) is 38.5 Å². The second-order valence-electron chi connectivity index (χ2n) is 12.2. The normalized spacial score (nSPS) is 14.4. The molecule has 2 N–H and O–H groups in total. The number of hydrogen-bond acceptors (Lipinski definition) is 6. The third-order valence-corrected chi connectivity index (χ3v) is 8.68. The van der Waals surface area contributed by atoms with Crippen LogP contribution < -0.4 is 29.9 Å². The Morgan fingerprint density at radius 2 is 0.962 bits per heavy atom. The topological polar surface area (TPSA) is 83.1 Å². The van der Waals surface area contributed by atoms with Crippen molar-refractivity contribution in [3.63, 3.8) is 0 Å². The number of amides is 2. The number of nitrogens with one attached hydrogen (secondary N) is 2. The van der Waals surface area contributed by atoms with Crippen LogP contribution in [0.15, 0.2) is 84.9 Å². The van der Waals surface area contributed by atoms with Crippen LogP contribution in [-0.2, 0) is 12.4 Å². The molecule has 0 aromatic heterocycles. The second kappa shape index (κ2) is 16.3. The van der Waals surface area contributed by atoms with E-state index in [0.717, 1.165) is 37.8 Å². The van der Waals surface area contributed by atoms with Gasteiger partial charge in [0, 0.05) is 72.2 Å². The van der Waals surface area contributed by atoms with E-state index in [4.69, 9.17) is 9.47 Å². The Bertz CT molecular complexity index is 1870. The van der Waals surface area contributed by atoms with Crippen molar-refractivity contribution in [3.05, 3.63) is 107 Å². The van der Waals surface area contributed by atoms with Crippen molar-refractivity contribution in [3.8, 4) is 11.5 Å². The summed E-state index contributed by atoms with van der Waals surface area (Å²) in [6.07, 6.45) is -5.41. The molecular weight excluding hydrogens is 690 g/mol. The van der Waals surface area contributed by atoms with Crippen molar-refractivity contribution in [2.45, 2.75) is 38.0 Å². The molecule has 14 heteroatoms. The zero-order valence-corrected chi connectivity index (χ0v) is 28.5. The average molecular weight is 729 g/mol. The minimum Gasteiger partial charge on any atom is -0.497 e. The summed E-state index contributed by atoms with van der Waals surface area (Å²) < 4.78 is 91.0. The highest BCUT2D eigenvalue weighted by molar-refractivity contribution is 6.05. The number of rotatable bonds is 8. The van der Waals surface area contributed by atoms with Crippen LogP contribution in [0, 0.1) is 0 Å². The fraction of sp³-hybridized carbons (Fsp3) is 0.316. The van der Waals surface area contributed by atoms with Crippen molar-refractivity contribution in [2.75, 3.05) is 60.8 Å². The first-order chi connectivity index (χ1) is 24.8. The monoisotopic (exact) mass is 728 g/mol. The summed E-state index contributed by atoms with van der Waals surface area (Å²) in [5, 5.41) is 5.20. The number of alkyl halides is 6. The standard InChI is InChI=1S/C20H21F3N2O2.C18H17F3N2O2/c1-27-16-7-5-6-15(13-16)24-19(26)14-8-9-18(17(12-14)20(21,22)23)25-10-3-2-4-11-25;1-25-14-5-2-4-13(11-14)22-17(24)12-6-7-16(23-8-3-9-23)15(10-12)18(19,20)21/h5-9,12-13H,2-4,10-11H2,1H3,(H,24,26);2,4-7,10-11H,3,8-9H2,1H3,(H,22,24). The molecule has 0 saturated carbocycles. The van der Waals surface area contributed by atoms with Crippen LogP contribution in [0.25, 0.3) is 0 Å². The summed E-state index contributed by atoms with van der Waals surface area (Å²) in [6, 6.07) is 20.7. The Morgan fingerprint density at radius 1 is 0.558 bits per heavy atom. The summed E-state index contributed by atoms with van der Waals surface area (Å²) >= 11 is 0. The van der Waals surface area contributed by atoms with Crippen LogP contribution in [0.4, 0.5) is 49.1 Å². The fourth-order valence-corrected chi connectivity index (χ4v) is 5.86. The highest BCUT2D eigenvalue weighted by Gasteiger charge is 2.37. The van der Waals surface area contributed by atoms with Gasteiger partial charge >= 0.3 is 12.4 Å². The van der Waals surface area contributed by atoms with Gasteiger partial charge in [0.1, 0.15) is 11.5 Å². The molecule has 0 radical (unpaired) electrons. The van der Waals surface area contributed by atoms with Crippen molar-refractivity contribution < 1.29 is 45.4 Å². The van der Waals surface area contributed by atoms with Crippen LogP contribution in [0.5, 0.6) is 11.5 Å². The molecule has 2 heterocycles. The third-order valence-electron chi connectivity index (χ3n) is 8.68. The van der Waals surface area contributed by atoms with E-state index in [2.05, 4.69) is 10.6 Å². The van der Waals surface area contributed by atoms with Crippen LogP contribution in [0.2, 0.25) is 0 Å². The maximum Gasteiger partial charge on any atom is 0.418 e. The molecule has 52 heavy (non-hydrogen) atoms. The molecule has 2 amide bonds. The van der Waals surface area contributed by atoms with Gasteiger partial charge in [-0.3, -0.25) is 9.59 Å². The molecule has 2 aliphatic heterocycles. The number of piperidine rings is 1. The highest BCUT2D eigenvalue weighted by atomic mass is 19.4. The van der Waals surface area contributed by atoms with Gasteiger partial charge in [-0.05, 0) is 86.3 Å². The predicted octanol–water partition coefficient (Wildman–Crippen LogP) is 9.13. The molecule has 2 saturated heterocycles. The second-order valence-corrected chi connectivity index (χ2v) is 12.2. The first-order valence-corrected chi connectivity index (χ1v) is 16.6. The number of methoxy groups -OCH3 is 2. The smallest absolute Gasteiger partial charge is 0.418 e. The number of halogens is 6. The third kappa shape index (κ3) is 9.47. The number of carbonyl (C=O) groups excluding carboxylic acids is 2. The molecule has 6 rings (SSSR count). The lowest BCUT2D eigenvalue weighted by molar-refractivity contribution is -0.138. The Kier molecular flexibility index (Phi) is 11.9. The molecule has 4 aromatic rings. The largest absolute Gasteiger partial charge is 0.497 e. The van der Waals surface area contributed by atoms with Gasteiger partial charge < -0.3 is 29.9 Å². The van der Waals surface area contributed by atoms with Gasteiger partial charge in [-0.25, -0.2) is 0 Å². The lowest BCUT2D eigenvalue weighted by atomic mass is 10.0. The molecule has 0 aliphatic carbocycles. The first-order valence-electron chi connectivity index (χ1n) is 16.6. The van der Waals surface area contributed by atoms with Gasteiger partial charge in [0.2, 0.25) is 0 Å². The van der Waals surface area contributed by atoms with Gasteiger partial charge in [-0.15, -0.1) is 0 Å². The molecule has 2 aliphatic rings. The van der Waals surface area contributed by atoms with Gasteiger partial charge in [-0.1, -0.05) is 12.1 Å². The SMILES string of the molecule is COc1cccc(NC(=O)c2ccc(N3CCC3)c(C(F)(F)F)c2)c1.COc1cccc(NC(=O)c2ccc(N3CCCCC3)c(C(F)(F)F)c2)c1. The van der Waals surface area contributed by atoms with Crippen molar-refractivity contribution in [2.24, 2.45) is 0 Å². The summed E-state index contributed by atoms with van der Waals surface area (Å²) in [5.41, 5.74) is -0.479. The Hall–Kier alpha value is -5.40. The quantitative estimate of drug-likeness (QED) is 0.176. The van der Waals surface area contributed by atoms with Crippen molar-refractivity contribution in [1.82, 2.24) is 0 Å². The zero-order chi connectivity index (χ0) is 37.5. The molecule has 8 nitrogen and oxygen atoms in total. The number of ether oxygens (including phenoxy) is 2. The maximum absolute atomic E-state index is 13.6. The number of carbonyl (C=O) groups is 2. The van der Waals surface area contributed by atoms with E-state index >= 15 is 0 Å². The molecular formula is C38H38F6N4O4. The van der Waals surface area contributed by atoms with E-state index < -0.39 is 35.3 Å². The first kappa shape index (κ1) is 37.8. The number of anilines is 4. The van der Waals surface area contributed by atoms with E-state index in [1.807, 2.05) is 0 Å². The predicted molar refractivity (Wildman–Crippen MR) is 188 cm³/mol.